The van der Waals surface area contributed by atoms with Gasteiger partial charge in [0, 0.05) is 10.9 Å². The second kappa shape index (κ2) is 10.6. The fraction of sp³-hybridized carbons (Fsp3) is 0.407. The van der Waals surface area contributed by atoms with Gasteiger partial charge in [-0.1, -0.05) is 32.6 Å². The summed E-state index contributed by atoms with van der Waals surface area (Å²) in [6.45, 7) is 11.2. The zero-order valence-corrected chi connectivity index (χ0v) is 23.4. The van der Waals surface area contributed by atoms with Gasteiger partial charge in [-0.25, -0.2) is 0 Å². The molecule has 192 valence electrons. The Kier molecular flexibility index (Phi) is 8.01. The lowest BCUT2D eigenvalue weighted by molar-refractivity contribution is 0.103. The maximum atomic E-state index is 13.5. The molecule has 9 heteroatoms. The molecule has 1 heterocycles. The summed E-state index contributed by atoms with van der Waals surface area (Å²) in [5.74, 6) is 7.73. The van der Waals surface area contributed by atoms with E-state index < -0.39 is 8.32 Å². The highest BCUT2D eigenvalue weighted by Gasteiger charge is 2.36. The van der Waals surface area contributed by atoms with Crippen LogP contribution in [-0.4, -0.2) is 59.3 Å². The lowest BCUT2D eigenvalue weighted by atomic mass is 10.0. The number of fused-ring (bicyclic) bond motifs is 1. The Morgan fingerprint density at radius 1 is 0.972 bits per heavy atom. The second-order valence-electron chi connectivity index (χ2n) is 9.73. The number of ketones is 1. The molecule has 36 heavy (non-hydrogen) atoms. The number of aromatic nitrogens is 2. The molecule has 0 atom stereocenters. The molecule has 0 amide bonds. The highest BCUT2D eigenvalue weighted by Crippen LogP contribution is 2.39. The third-order valence-corrected chi connectivity index (χ3v) is 11.1. The number of carbonyl (C=O) groups excluding carboxylic acids is 1. The van der Waals surface area contributed by atoms with Crippen LogP contribution in [0.3, 0.4) is 0 Å². The van der Waals surface area contributed by atoms with Gasteiger partial charge in [0.25, 0.3) is 0 Å². The largest absolute Gasteiger partial charge is 0.495 e. The van der Waals surface area contributed by atoms with E-state index in [1.807, 2.05) is 0 Å². The molecule has 0 bridgehead atoms. The molecule has 0 spiro atoms. The maximum Gasteiger partial charge on any atom is 0.211 e. The van der Waals surface area contributed by atoms with Crippen LogP contribution in [0.1, 0.15) is 42.4 Å². The summed E-state index contributed by atoms with van der Waals surface area (Å²) in [5, 5.41) is 8.02. The van der Waals surface area contributed by atoms with Crippen LogP contribution in [0.15, 0.2) is 24.3 Å². The minimum absolute atomic E-state index is 0.0939. The Morgan fingerprint density at radius 3 is 2.11 bits per heavy atom. The molecule has 0 radical (unpaired) electrons. The van der Waals surface area contributed by atoms with Crippen LogP contribution in [0.2, 0.25) is 18.1 Å². The molecule has 0 saturated heterocycles. The number of nitrogens with one attached hydrogen (secondary N) is 1. The lowest BCUT2D eigenvalue weighted by Crippen LogP contribution is -2.40. The summed E-state index contributed by atoms with van der Waals surface area (Å²) in [4.78, 5) is 13.5. The van der Waals surface area contributed by atoms with Crippen molar-refractivity contribution < 1.29 is 28.2 Å². The van der Waals surface area contributed by atoms with E-state index in [0.29, 0.717) is 57.3 Å². The summed E-state index contributed by atoms with van der Waals surface area (Å²) < 4.78 is 27.9. The molecule has 0 fully saturated rings. The van der Waals surface area contributed by atoms with Crippen molar-refractivity contribution in [3.05, 3.63) is 41.1 Å². The van der Waals surface area contributed by atoms with Gasteiger partial charge in [0.05, 0.1) is 40.6 Å². The molecule has 8 nitrogen and oxygen atoms in total. The Balaban J connectivity index is 2.01. The van der Waals surface area contributed by atoms with E-state index in [1.54, 1.807) is 31.4 Å². The van der Waals surface area contributed by atoms with E-state index in [9.17, 15) is 4.79 Å². The van der Waals surface area contributed by atoms with Crippen molar-refractivity contribution in [1.29, 1.82) is 0 Å². The van der Waals surface area contributed by atoms with E-state index in [0.717, 1.165) is 0 Å². The van der Waals surface area contributed by atoms with Gasteiger partial charge in [-0.15, -0.1) is 0 Å². The lowest BCUT2D eigenvalue weighted by Gasteiger charge is -2.35. The molecule has 3 rings (SSSR count). The number of hydrogen-bond acceptors (Lipinski definition) is 7. The standard InChI is InChI=1S/C27H34N2O6Si/c1-27(2,3)36(8,9)35-14-10-11-18-20(31-4)13-12-19-23(18)28-29-24(19)25(30)17-15-21(32-5)26(34-7)22(16-17)33-6/h12-13,15-16H,14H2,1-9H3,(H,28,29). The summed E-state index contributed by atoms with van der Waals surface area (Å²) in [7, 11) is 4.17. The minimum atomic E-state index is -1.92. The first-order valence-electron chi connectivity index (χ1n) is 11.5. The zero-order chi connectivity index (χ0) is 26.7. The van der Waals surface area contributed by atoms with Gasteiger partial charge in [0.15, 0.2) is 19.8 Å². The number of methoxy groups -OCH3 is 4. The fourth-order valence-electron chi connectivity index (χ4n) is 3.44. The number of carbonyl (C=O) groups is 1. The molecule has 0 aliphatic carbocycles. The molecule has 3 aromatic rings. The Hall–Kier alpha value is -3.48. The molecular formula is C27H34N2O6Si. The van der Waals surface area contributed by atoms with E-state index >= 15 is 0 Å². The molecule has 0 aliphatic heterocycles. The molecule has 1 N–H and O–H groups in total. The van der Waals surface area contributed by atoms with E-state index in [2.05, 4.69) is 55.9 Å². The number of nitrogens with zero attached hydrogens (tertiary/aromatic N) is 1. The monoisotopic (exact) mass is 510 g/mol. The predicted molar refractivity (Wildman–Crippen MR) is 142 cm³/mol. The average molecular weight is 511 g/mol. The normalized spacial score (nSPS) is 11.6. The van der Waals surface area contributed by atoms with Crippen molar-refractivity contribution in [1.82, 2.24) is 10.2 Å². The highest BCUT2D eigenvalue weighted by atomic mass is 28.4. The fourth-order valence-corrected chi connectivity index (χ4v) is 4.31. The van der Waals surface area contributed by atoms with Crippen LogP contribution < -0.4 is 18.9 Å². The van der Waals surface area contributed by atoms with Crippen molar-refractivity contribution in [3.63, 3.8) is 0 Å². The smallest absolute Gasteiger partial charge is 0.211 e. The van der Waals surface area contributed by atoms with Gasteiger partial charge in [-0.05, 0) is 42.4 Å². The van der Waals surface area contributed by atoms with Gasteiger partial charge in [-0.3, -0.25) is 9.89 Å². The summed E-state index contributed by atoms with van der Waals surface area (Å²) in [5.41, 5.74) is 1.82. The van der Waals surface area contributed by atoms with Crippen LogP contribution in [0.5, 0.6) is 23.0 Å². The molecule has 0 saturated carbocycles. The second-order valence-corrected chi connectivity index (χ2v) is 14.5. The number of hydrogen-bond donors (Lipinski definition) is 1. The number of benzene rings is 2. The Morgan fingerprint density at radius 2 is 1.58 bits per heavy atom. The third-order valence-electron chi connectivity index (χ3n) is 6.59. The SMILES string of the molecule is COc1cc(C(=O)c2[nH]nc3c(C#CCO[Si](C)(C)C(C)(C)C)c(OC)ccc23)cc(OC)c1OC. The number of ether oxygens (including phenoxy) is 4. The number of aromatic amines is 1. The van der Waals surface area contributed by atoms with E-state index in [-0.39, 0.29) is 10.8 Å². The van der Waals surface area contributed by atoms with Crippen LogP contribution >= 0.6 is 0 Å². The van der Waals surface area contributed by atoms with E-state index in [4.69, 9.17) is 23.4 Å². The van der Waals surface area contributed by atoms with Gasteiger partial charge in [-0.2, -0.15) is 5.10 Å². The minimum Gasteiger partial charge on any atom is -0.495 e. The highest BCUT2D eigenvalue weighted by molar-refractivity contribution is 6.74. The summed E-state index contributed by atoms with van der Waals surface area (Å²) in [6, 6.07) is 6.79. The molecule has 2 aromatic carbocycles. The third kappa shape index (κ3) is 5.20. The predicted octanol–water partition coefficient (Wildman–Crippen LogP) is 5.20. The quantitative estimate of drug-likeness (QED) is 0.253. The first kappa shape index (κ1) is 27.1. The van der Waals surface area contributed by atoms with Crippen LogP contribution in [0.25, 0.3) is 10.9 Å². The molecule has 0 aliphatic rings. The van der Waals surface area contributed by atoms with Gasteiger partial charge >= 0.3 is 0 Å². The van der Waals surface area contributed by atoms with Crippen molar-refractivity contribution in [2.24, 2.45) is 0 Å². The van der Waals surface area contributed by atoms with Gasteiger partial charge < -0.3 is 23.4 Å². The first-order chi connectivity index (χ1) is 17.0. The van der Waals surface area contributed by atoms with E-state index in [1.165, 1.54) is 21.3 Å². The Labute approximate surface area is 213 Å². The number of rotatable bonds is 8. The van der Waals surface area contributed by atoms with Crippen molar-refractivity contribution >= 4 is 25.0 Å². The first-order valence-corrected chi connectivity index (χ1v) is 14.4. The summed E-state index contributed by atoms with van der Waals surface area (Å²) >= 11 is 0. The van der Waals surface area contributed by atoms with Crippen LogP contribution in [-0.2, 0) is 4.43 Å². The molecular weight excluding hydrogens is 476 g/mol. The van der Waals surface area contributed by atoms with Crippen molar-refractivity contribution in [2.45, 2.75) is 38.9 Å². The van der Waals surface area contributed by atoms with Crippen molar-refractivity contribution in [2.75, 3.05) is 35.0 Å². The van der Waals surface area contributed by atoms with Crippen LogP contribution in [0.4, 0.5) is 0 Å². The van der Waals surface area contributed by atoms with Gasteiger partial charge in [0.2, 0.25) is 11.5 Å². The molecule has 1 aromatic heterocycles. The van der Waals surface area contributed by atoms with Crippen LogP contribution in [0, 0.1) is 11.8 Å². The summed E-state index contributed by atoms with van der Waals surface area (Å²) in [6.07, 6.45) is 0. The van der Waals surface area contributed by atoms with Gasteiger partial charge in [0.1, 0.15) is 17.0 Å². The molecule has 0 unspecified atom stereocenters. The average Bonchev–Trinajstić information content (AvgIpc) is 3.28. The number of H-pyrrole nitrogens is 1. The Bertz CT molecular complexity index is 1300. The van der Waals surface area contributed by atoms with Crippen molar-refractivity contribution in [3.8, 4) is 34.8 Å². The maximum absolute atomic E-state index is 13.5. The zero-order valence-electron chi connectivity index (χ0n) is 22.4. The topological polar surface area (TPSA) is 91.9 Å².